The number of rotatable bonds is 3. The van der Waals surface area contributed by atoms with E-state index in [-0.39, 0.29) is 0 Å². The first-order chi connectivity index (χ1) is 11.8. The normalized spacial score (nSPS) is 25.0. The zero-order valence-electron chi connectivity index (χ0n) is 16.7. The molecule has 1 aliphatic carbocycles. The number of aryl methyl sites for hydroxylation is 1. The van der Waals surface area contributed by atoms with Crippen LogP contribution >= 0.6 is 0 Å². The van der Waals surface area contributed by atoms with Gasteiger partial charge in [-0.3, -0.25) is 0 Å². The SMILES string of the molecule is Cc1ccc(N2CCC(CN3CC4(CC(C(C)(C)C)C4)C3)CC2)cc1. The number of hydrogen-bond acceptors (Lipinski definition) is 2. The van der Waals surface area contributed by atoms with Gasteiger partial charge in [0.05, 0.1) is 0 Å². The topological polar surface area (TPSA) is 6.48 Å². The van der Waals surface area contributed by atoms with E-state index < -0.39 is 0 Å². The van der Waals surface area contributed by atoms with Gasteiger partial charge in [-0.05, 0) is 67.4 Å². The summed E-state index contributed by atoms with van der Waals surface area (Å²) < 4.78 is 0. The van der Waals surface area contributed by atoms with Crippen LogP contribution in [0.5, 0.6) is 0 Å². The Morgan fingerprint density at radius 1 is 1.00 bits per heavy atom. The lowest BCUT2D eigenvalue weighted by Crippen LogP contribution is -2.64. The summed E-state index contributed by atoms with van der Waals surface area (Å²) in [6.07, 6.45) is 5.70. The van der Waals surface area contributed by atoms with Gasteiger partial charge in [-0.1, -0.05) is 38.5 Å². The number of piperidine rings is 1. The molecular formula is C23H36N2. The number of anilines is 1. The molecule has 2 saturated heterocycles. The van der Waals surface area contributed by atoms with Gasteiger partial charge in [0.25, 0.3) is 0 Å². The van der Waals surface area contributed by atoms with E-state index in [4.69, 9.17) is 0 Å². The highest BCUT2D eigenvalue weighted by Crippen LogP contribution is 2.57. The molecule has 0 atom stereocenters. The molecule has 25 heavy (non-hydrogen) atoms. The fraction of sp³-hybridized carbons (Fsp3) is 0.739. The van der Waals surface area contributed by atoms with Gasteiger partial charge in [-0.25, -0.2) is 0 Å². The Kier molecular flexibility index (Phi) is 4.38. The maximum atomic E-state index is 2.76. The molecule has 2 nitrogen and oxygen atoms in total. The van der Waals surface area contributed by atoms with Gasteiger partial charge in [-0.2, -0.15) is 0 Å². The summed E-state index contributed by atoms with van der Waals surface area (Å²) in [5, 5.41) is 0. The standard InChI is InChI=1S/C23H36N2/c1-18-5-7-21(8-6-18)25-11-9-19(10-12-25)15-24-16-23(17-24)13-20(14-23)22(2,3)4/h5-8,19-20H,9-17H2,1-4H3. The predicted molar refractivity (Wildman–Crippen MR) is 107 cm³/mol. The summed E-state index contributed by atoms with van der Waals surface area (Å²) in [4.78, 5) is 5.33. The molecule has 1 spiro atoms. The molecule has 0 aromatic heterocycles. The van der Waals surface area contributed by atoms with Crippen LogP contribution < -0.4 is 4.90 Å². The molecule has 138 valence electrons. The van der Waals surface area contributed by atoms with Gasteiger partial charge in [0.1, 0.15) is 0 Å². The molecular weight excluding hydrogens is 304 g/mol. The summed E-state index contributed by atoms with van der Waals surface area (Å²) >= 11 is 0. The van der Waals surface area contributed by atoms with E-state index in [1.807, 2.05) is 0 Å². The quantitative estimate of drug-likeness (QED) is 0.766. The first kappa shape index (κ1) is 17.4. The van der Waals surface area contributed by atoms with Crippen LogP contribution in [0.2, 0.25) is 0 Å². The van der Waals surface area contributed by atoms with Crippen LogP contribution in [-0.4, -0.2) is 37.6 Å². The maximum Gasteiger partial charge on any atom is 0.0366 e. The largest absolute Gasteiger partial charge is 0.372 e. The second-order valence-corrected chi connectivity index (χ2v) is 10.4. The van der Waals surface area contributed by atoms with Crippen molar-refractivity contribution in [3.05, 3.63) is 29.8 Å². The highest BCUT2D eigenvalue weighted by Gasteiger charge is 2.54. The lowest BCUT2D eigenvalue weighted by Gasteiger charge is -2.62. The van der Waals surface area contributed by atoms with Crippen LogP contribution in [0.1, 0.15) is 52.0 Å². The van der Waals surface area contributed by atoms with Crippen LogP contribution in [-0.2, 0) is 0 Å². The van der Waals surface area contributed by atoms with Crippen molar-refractivity contribution in [3.63, 3.8) is 0 Å². The van der Waals surface area contributed by atoms with Gasteiger partial charge >= 0.3 is 0 Å². The van der Waals surface area contributed by atoms with Crippen LogP contribution in [0.3, 0.4) is 0 Å². The molecule has 2 heterocycles. The summed E-state index contributed by atoms with van der Waals surface area (Å²) in [7, 11) is 0. The van der Waals surface area contributed by atoms with E-state index in [2.05, 4.69) is 61.8 Å². The maximum absolute atomic E-state index is 2.76. The van der Waals surface area contributed by atoms with Gasteiger partial charge in [-0.15, -0.1) is 0 Å². The average molecular weight is 341 g/mol. The van der Waals surface area contributed by atoms with Crippen molar-refractivity contribution >= 4 is 5.69 Å². The minimum atomic E-state index is 0.522. The number of hydrogen-bond donors (Lipinski definition) is 0. The minimum absolute atomic E-state index is 0.522. The zero-order valence-corrected chi connectivity index (χ0v) is 16.7. The number of benzene rings is 1. The molecule has 1 aromatic carbocycles. The average Bonchev–Trinajstić information content (AvgIpc) is 2.48. The van der Waals surface area contributed by atoms with E-state index in [0.29, 0.717) is 5.41 Å². The van der Waals surface area contributed by atoms with E-state index in [0.717, 1.165) is 17.3 Å². The molecule has 1 aromatic rings. The van der Waals surface area contributed by atoms with Crippen molar-refractivity contribution in [1.29, 1.82) is 0 Å². The number of likely N-dealkylation sites (tertiary alicyclic amines) is 1. The molecule has 4 rings (SSSR count). The summed E-state index contributed by atoms with van der Waals surface area (Å²) in [6, 6.07) is 9.06. The van der Waals surface area contributed by atoms with Crippen molar-refractivity contribution in [2.45, 2.75) is 53.4 Å². The van der Waals surface area contributed by atoms with Crippen LogP contribution in [0.4, 0.5) is 5.69 Å². The van der Waals surface area contributed by atoms with Crippen molar-refractivity contribution < 1.29 is 0 Å². The Hall–Kier alpha value is -1.02. The number of nitrogens with zero attached hydrogens (tertiary/aromatic N) is 2. The molecule has 2 aliphatic heterocycles. The van der Waals surface area contributed by atoms with Crippen molar-refractivity contribution in [3.8, 4) is 0 Å². The smallest absolute Gasteiger partial charge is 0.0366 e. The third-order valence-corrected chi connectivity index (χ3v) is 7.23. The molecule has 0 unspecified atom stereocenters. The fourth-order valence-corrected chi connectivity index (χ4v) is 5.38. The minimum Gasteiger partial charge on any atom is -0.372 e. The van der Waals surface area contributed by atoms with Crippen molar-refractivity contribution in [2.75, 3.05) is 37.6 Å². The molecule has 2 heteroatoms. The first-order valence-corrected chi connectivity index (χ1v) is 10.4. The van der Waals surface area contributed by atoms with Crippen LogP contribution in [0, 0.1) is 29.6 Å². The highest BCUT2D eigenvalue weighted by molar-refractivity contribution is 5.47. The van der Waals surface area contributed by atoms with Gasteiger partial charge in [0, 0.05) is 38.4 Å². The lowest BCUT2D eigenvalue weighted by atomic mass is 9.51. The van der Waals surface area contributed by atoms with Crippen molar-refractivity contribution in [1.82, 2.24) is 4.90 Å². The predicted octanol–water partition coefficient (Wildman–Crippen LogP) is 4.97. The molecule has 0 N–H and O–H groups in total. The van der Waals surface area contributed by atoms with E-state index in [9.17, 15) is 0 Å². The van der Waals surface area contributed by atoms with E-state index >= 15 is 0 Å². The van der Waals surface area contributed by atoms with Gasteiger partial charge in [0.2, 0.25) is 0 Å². The molecule has 0 amide bonds. The first-order valence-electron chi connectivity index (χ1n) is 10.4. The van der Waals surface area contributed by atoms with E-state index in [1.54, 1.807) is 0 Å². The summed E-state index contributed by atoms with van der Waals surface area (Å²) in [5.41, 5.74) is 4.01. The fourth-order valence-electron chi connectivity index (χ4n) is 5.38. The summed E-state index contributed by atoms with van der Waals surface area (Å²) in [5.74, 6) is 1.88. The van der Waals surface area contributed by atoms with E-state index in [1.165, 1.54) is 69.7 Å². The molecule has 3 fully saturated rings. The summed E-state index contributed by atoms with van der Waals surface area (Å²) in [6.45, 7) is 16.0. The lowest BCUT2D eigenvalue weighted by molar-refractivity contribution is -0.126. The van der Waals surface area contributed by atoms with Gasteiger partial charge < -0.3 is 9.80 Å². The highest BCUT2D eigenvalue weighted by atomic mass is 15.2. The Morgan fingerprint density at radius 2 is 1.60 bits per heavy atom. The second kappa shape index (κ2) is 6.30. The van der Waals surface area contributed by atoms with Crippen LogP contribution in [0.25, 0.3) is 0 Å². The molecule has 1 saturated carbocycles. The Bertz CT molecular complexity index is 576. The Morgan fingerprint density at radius 3 is 2.16 bits per heavy atom. The Labute approximate surface area is 154 Å². The molecule has 3 aliphatic rings. The van der Waals surface area contributed by atoms with Gasteiger partial charge in [0.15, 0.2) is 0 Å². The molecule has 0 bridgehead atoms. The van der Waals surface area contributed by atoms with Crippen molar-refractivity contribution in [2.24, 2.45) is 22.7 Å². The zero-order chi connectivity index (χ0) is 17.7. The Balaban J connectivity index is 1.19. The third-order valence-electron chi connectivity index (χ3n) is 7.23. The second-order valence-electron chi connectivity index (χ2n) is 10.4. The van der Waals surface area contributed by atoms with Crippen LogP contribution in [0.15, 0.2) is 24.3 Å². The third kappa shape index (κ3) is 3.60. The monoisotopic (exact) mass is 340 g/mol. The molecule has 0 radical (unpaired) electrons.